The van der Waals surface area contributed by atoms with Crippen LogP contribution in [-0.2, 0) is 70.3 Å². The zero-order valence-corrected chi connectivity index (χ0v) is 32.6. The Morgan fingerprint density at radius 2 is 0.648 bits per heavy atom. The van der Waals surface area contributed by atoms with E-state index in [1.54, 1.807) is 0 Å². The molecule has 0 saturated heterocycles. The Morgan fingerprint density at radius 1 is 0.407 bits per heavy atom. The third-order valence-electron chi connectivity index (χ3n) is 10.5. The average molecular weight is 733 g/mol. The molecule has 8 bridgehead atoms. The number of hydrogen-bond donors (Lipinski definition) is 0. The monoisotopic (exact) mass is 732 g/mol. The van der Waals surface area contributed by atoms with Crippen LogP contribution in [0.3, 0.4) is 0 Å². The Bertz CT molecular complexity index is 1780. The molecule has 1 aliphatic carbocycles. The average Bonchev–Trinajstić information content (AvgIpc) is 3.17. The quantitative estimate of drug-likeness (QED) is 0.0626. The van der Waals surface area contributed by atoms with E-state index in [9.17, 15) is 14.4 Å². The third kappa shape index (κ3) is 10.5. The predicted molar refractivity (Wildman–Crippen MR) is 214 cm³/mol. The van der Waals surface area contributed by atoms with Crippen molar-refractivity contribution in [1.82, 2.24) is 0 Å². The van der Waals surface area contributed by atoms with E-state index in [0.717, 1.165) is 64.2 Å². The maximum atomic E-state index is 12.6. The number of aldehydes is 3. The van der Waals surface area contributed by atoms with Crippen molar-refractivity contribution in [1.29, 1.82) is 0 Å². The van der Waals surface area contributed by atoms with Crippen LogP contribution in [0.25, 0.3) is 0 Å². The van der Waals surface area contributed by atoms with Crippen molar-refractivity contribution in [2.24, 2.45) is 0 Å². The molecule has 4 aromatic carbocycles. The van der Waals surface area contributed by atoms with E-state index in [-0.39, 0.29) is 0 Å². The number of carbonyl (C=O) groups is 3. The molecule has 0 N–H and O–H groups in total. The maximum Gasteiger partial charge on any atom is 0.150 e. The van der Waals surface area contributed by atoms with Gasteiger partial charge in [-0.1, -0.05) is 18.2 Å². The molecule has 5 rings (SSSR count). The summed E-state index contributed by atoms with van der Waals surface area (Å²) in [4.78, 5) is 37.7. The summed E-state index contributed by atoms with van der Waals surface area (Å²) in [5.41, 5.74) is 15.3. The SMILES string of the molecule is CCOCCc1c2cccc1Cc1cc(C=O)cc(c1CCOCC)Cc1cc(C=O)cc(c1CCOCC)Cc1cc(C=O)cc(c1CCOCC)C2. The van der Waals surface area contributed by atoms with Gasteiger partial charge < -0.3 is 18.9 Å². The molecule has 0 aromatic heterocycles. The van der Waals surface area contributed by atoms with Crippen molar-refractivity contribution in [3.8, 4) is 0 Å². The summed E-state index contributed by atoms with van der Waals surface area (Å²) >= 11 is 0. The van der Waals surface area contributed by atoms with Gasteiger partial charge in [0.15, 0.2) is 0 Å². The molecule has 0 radical (unpaired) electrons. The van der Waals surface area contributed by atoms with Crippen molar-refractivity contribution in [3.05, 3.63) is 138 Å². The van der Waals surface area contributed by atoms with Crippen LogP contribution in [0.15, 0.2) is 54.6 Å². The van der Waals surface area contributed by atoms with Gasteiger partial charge in [0.25, 0.3) is 0 Å². The van der Waals surface area contributed by atoms with Crippen LogP contribution in [-0.4, -0.2) is 71.7 Å². The summed E-state index contributed by atoms with van der Waals surface area (Å²) in [7, 11) is 0. The zero-order valence-electron chi connectivity index (χ0n) is 32.6. The Kier molecular flexibility index (Phi) is 15.9. The van der Waals surface area contributed by atoms with Crippen LogP contribution < -0.4 is 0 Å². The molecule has 0 aliphatic heterocycles. The van der Waals surface area contributed by atoms with E-state index >= 15 is 0 Å². The lowest BCUT2D eigenvalue weighted by Gasteiger charge is -2.24. The fourth-order valence-corrected chi connectivity index (χ4v) is 8.02. The molecule has 7 nitrogen and oxygen atoms in total. The Balaban J connectivity index is 1.84. The lowest BCUT2D eigenvalue weighted by molar-refractivity contribution is 0.111. The van der Waals surface area contributed by atoms with Gasteiger partial charge in [0.2, 0.25) is 0 Å². The van der Waals surface area contributed by atoms with E-state index in [4.69, 9.17) is 18.9 Å². The van der Waals surface area contributed by atoms with Crippen LogP contribution in [0, 0.1) is 0 Å². The maximum absolute atomic E-state index is 12.6. The van der Waals surface area contributed by atoms with Gasteiger partial charge >= 0.3 is 0 Å². The lowest BCUT2D eigenvalue weighted by Crippen LogP contribution is -2.14. The molecular weight excluding hydrogens is 677 g/mol. The number of ether oxygens (including phenoxy) is 4. The second kappa shape index (κ2) is 21.0. The summed E-state index contributed by atoms with van der Waals surface area (Å²) in [5.74, 6) is 0. The molecule has 7 heteroatoms. The van der Waals surface area contributed by atoms with Crippen molar-refractivity contribution in [2.75, 3.05) is 52.9 Å². The highest BCUT2D eigenvalue weighted by molar-refractivity contribution is 5.78. The summed E-state index contributed by atoms with van der Waals surface area (Å²) in [6.45, 7) is 12.7. The minimum absolute atomic E-state index is 0.531. The molecule has 4 aromatic rings. The van der Waals surface area contributed by atoms with Crippen molar-refractivity contribution >= 4 is 18.9 Å². The molecule has 0 heterocycles. The van der Waals surface area contributed by atoms with E-state index < -0.39 is 0 Å². The molecule has 286 valence electrons. The van der Waals surface area contributed by atoms with Crippen LogP contribution >= 0.6 is 0 Å². The van der Waals surface area contributed by atoms with Crippen LogP contribution in [0.1, 0.15) is 126 Å². The molecule has 0 unspecified atom stereocenters. The lowest BCUT2D eigenvalue weighted by atomic mass is 9.82. The minimum Gasteiger partial charge on any atom is -0.381 e. The standard InChI is InChI=1S/C47H56O7/c1-5-51-16-12-44-36-10-9-11-37(44)27-39-21-34(31-49)23-41(46(39)14-18-53-7-3)29-43-25-35(32-50)24-42(47(43)15-19-54-8-4)28-40-22-33(30-48)20-38(26-36)45(40)13-17-52-6-2/h9-11,20-25,30-32H,5-8,12-19,26-29H2,1-4H3. The van der Waals surface area contributed by atoms with E-state index in [1.807, 2.05) is 64.1 Å². The topological polar surface area (TPSA) is 88.1 Å². The minimum atomic E-state index is 0.531. The summed E-state index contributed by atoms with van der Waals surface area (Å²) in [6, 6.07) is 18.6. The predicted octanol–water partition coefficient (Wildman–Crippen LogP) is 8.12. The molecule has 1 aliphatic rings. The van der Waals surface area contributed by atoms with Gasteiger partial charge in [-0.2, -0.15) is 0 Å². The normalized spacial score (nSPS) is 12.4. The first-order valence-corrected chi connectivity index (χ1v) is 19.7. The zero-order chi connectivity index (χ0) is 38.3. The number of fused-ring (bicyclic) bond motifs is 8. The largest absolute Gasteiger partial charge is 0.381 e. The summed E-state index contributed by atoms with van der Waals surface area (Å²) in [5, 5.41) is 0. The number of benzene rings is 4. The molecule has 0 atom stereocenters. The number of rotatable bonds is 19. The first kappa shape index (κ1) is 40.9. The second-order valence-corrected chi connectivity index (χ2v) is 13.9. The molecule has 0 amide bonds. The fraction of sp³-hybridized carbons (Fsp3) is 0.426. The highest BCUT2D eigenvalue weighted by atomic mass is 16.5. The molecule has 0 spiro atoms. The summed E-state index contributed by atoms with van der Waals surface area (Å²) in [6.07, 6.45) is 7.95. The van der Waals surface area contributed by atoms with Gasteiger partial charge in [0, 0.05) is 43.1 Å². The van der Waals surface area contributed by atoms with Gasteiger partial charge in [-0.25, -0.2) is 0 Å². The van der Waals surface area contributed by atoms with Crippen LogP contribution in [0.5, 0.6) is 0 Å². The van der Waals surface area contributed by atoms with Gasteiger partial charge in [-0.3, -0.25) is 14.4 Å². The van der Waals surface area contributed by atoms with Gasteiger partial charge in [0.1, 0.15) is 18.9 Å². The van der Waals surface area contributed by atoms with Crippen molar-refractivity contribution < 1.29 is 33.3 Å². The van der Waals surface area contributed by atoms with E-state index in [0.29, 0.717) is 114 Å². The molecular formula is C47H56O7. The van der Waals surface area contributed by atoms with Crippen LogP contribution in [0.4, 0.5) is 0 Å². The van der Waals surface area contributed by atoms with Crippen LogP contribution in [0.2, 0.25) is 0 Å². The van der Waals surface area contributed by atoms with Gasteiger partial charge in [-0.15, -0.1) is 0 Å². The molecule has 0 saturated carbocycles. The first-order chi connectivity index (χ1) is 26.5. The third-order valence-corrected chi connectivity index (χ3v) is 10.5. The summed E-state index contributed by atoms with van der Waals surface area (Å²) < 4.78 is 23.7. The molecule has 0 fully saturated rings. The molecule has 54 heavy (non-hydrogen) atoms. The smallest absolute Gasteiger partial charge is 0.150 e. The highest BCUT2D eigenvalue weighted by Gasteiger charge is 2.22. The second-order valence-electron chi connectivity index (χ2n) is 13.9. The Labute approximate surface area is 321 Å². The van der Waals surface area contributed by atoms with E-state index in [1.165, 1.54) is 27.8 Å². The number of carbonyl (C=O) groups excluding carboxylic acids is 3. The van der Waals surface area contributed by atoms with E-state index in [2.05, 4.69) is 18.2 Å². The number of hydrogen-bond acceptors (Lipinski definition) is 7. The van der Waals surface area contributed by atoms with Crippen molar-refractivity contribution in [2.45, 2.75) is 79.1 Å². The fourth-order valence-electron chi connectivity index (χ4n) is 8.02. The van der Waals surface area contributed by atoms with Gasteiger partial charge in [-0.05, 0) is 182 Å². The highest BCUT2D eigenvalue weighted by Crippen LogP contribution is 2.33. The first-order valence-electron chi connectivity index (χ1n) is 19.7. The van der Waals surface area contributed by atoms with Crippen molar-refractivity contribution in [3.63, 3.8) is 0 Å². The Hall–Kier alpha value is -4.27. The van der Waals surface area contributed by atoms with Gasteiger partial charge in [0.05, 0.1) is 26.4 Å². The Morgan fingerprint density at radius 3 is 0.889 bits per heavy atom.